The highest BCUT2D eigenvalue weighted by Gasteiger charge is 2.35. The van der Waals surface area contributed by atoms with Crippen molar-refractivity contribution in [2.75, 3.05) is 38.5 Å². The van der Waals surface area contributed by atoms with E-state index >= 15 is 0 Å². The number of fused-ring (bicyclic) bond motifs is 1. The number of aromatic nitrogens is 4. The molecule has 0 spiro atoms. The molecular weight excluding hydrogens is 518 g/mol. The summed E-state index contributed by atoms with van der Waals surface area (Å²) in [7, 11) is 0. The van der Waals surface area contributed by atoms with Crippen molar-refractivity contribution in [2.45, 2.75) is 45.3 Å². The van der Waals surface area contributed by atoms with Gasteiger partial charge in [-0.05, 0) is 70.0 Å². The van der Waals surface area contributed by atoms with Crippen molar-refractivity contribution in [1.82, 2.24) is 29.5 Å². The number of nitrogen functional groups attached to an aromatic ring is 1. The van der Waals surface area contributed by atoms with E-state index < -0.39 is 5.60 Å². The number of likely N-dealkylation sites (tertiary alicyclic amines) is 2. The van der Waals surface area contributed by atoms with Gasteiger partial charge in [-0.2, -0.15) is 5.10 Å². The minimum atomic E-state index is -0.462. The summed E-state index contributed by atoms with van der Waals surface area (Å²) < 4.78 is 13.5. The molecule has 214 valence electrons. The number of benzene rings is 2. The number of para-hydroxylation sites is 1. The Kier molecular flexibility index (Phi) is 7.25. The number of rotatable bonds is 6. The Morgan fingerprint density at radius 1 is 0.976 bits per heavy atom. The van der Waals surface area contributed by atoms with Crippen molar-refractivity contribution in [2.24, 2.45) is 5.92 Å². The predicted octanol–water partition coefficient (Wildman–Crippen LogP) is 5.37. The lowest BCUT2D eigenvalue weighted by Gasteiger charge is -2.43. The highest BCUT2D eigenvalue weighted by Crippen LogP contribution is 2.35. The van der Waals surface area contributed by atoms with Crippen LogP contribution in [0.5, 0.6) is 11.5 Å². The van der Waals surface area contributed by atoms with Gasteiger partial charge >= 0.3 is 6.09 Å². The molecule has 0 saturated carbocycles. The van der Waals surface area contributed by atoms with Gasteiger partial charge in [-0.1, -0.05) is 18.2 Å². The van der Waals surface area contributed by atoms with E-state index in [-0.39, 0.29) is 12.1 Å². The lowest BCUT2D eigenvalue weighted by atomic mass is 9.97. The molecule has 2 N–H and O–H groups in total. The van der Waals surface area contributed by atoms with Crippen LogP contribution in [0.1, 0.15) is 39.7 Å². The van der Waals surface area contributed by atoms with Gasteiger partial charge in [0, 0.05) is 44.2 Å². The zero-order chi connectivity index (χ0) is 28.6. The molecule has 10 nitrogen and oxygen atoms in total. The summed E-state index contributed by atoms with van der Waals surface area (Å²) in [5.41, 5.74) is 8.38. The van der Waals surface area contributed by atoms with Gasteiger partial charge in [0.15, 0.2) is 5.65 Å². The van der Waals surface area contributed by atoms with Gasteiger partial charge in [-0.3, -0.25) is 0 Å². The van der Waals surface area contributed by atoms with E-state index in [2.05, 4.69) is 14.9 Å². The van der Waals surface area contributed by atoms with Gasteiger partial charge in [-0.25, -0.2) is 19.4 Å². The van der Waals surface area contributed by atoms with Crippen LogP contribution in [0.25, 0.3) is 22.3 Å². The van der Waals surface area contributed by atoms with E-state index in [1.54, 1.807) is 4.90 Å². The molecule has 0 aliphatic carbocycles. The zero-order valence-electron chi connectivity index (χ0n) is 23.9. The third kappa shape index (κ3) is 5.97. The van der Waals surface area contributed by atoms with Crippen LogP contribution < -0.4 is 10.5 Å². The van der Waals surface area contributed by atoms with Crippen molar-refractivity contribution >= 4 is 22.9 Å². The van der Waals surface area contributed by atoms with Gasteiger partial charge in [0.25, 0.3) is 0 Å². The summed E-state index contributed by atoms with van der Waals surface area (Å²) in [6, 6.07) is 17.8. The van der Waals surface area contributed by atoms with E-state index in [1.807, 2.05) is 80.1 Å². The maximum Gasteiger partial charge on any atom is 0.410 e. The number of hydrogen-bond donors (Lipinski definition) is 1. The van der Waals surface area contributed by atoms with Crippen LogP contribution in [0.15, 0.2) is 60.9 Å². The minimum Gasteiger partial charge on any atom is -0.457 e. The molecule has 2 aliphatic rings. The molecule has 1 amide bonds. The van der Waals surface area contributed by atoms with Crippen molar-refractivity contribution < 1.29 is 14.3 Å². The summed E-state index contributed by atoms with van der Waals surface area (Å²) in [4.78, 5) is 25.4. The Labute approximate surface area is 240 Å². The predicted molar refractivity (Wildman–Crippen MR) is 158 cm³/mol. The van der Waals surface area contributed by atoms with E-state index in [4.69, 9.17) is 20.3 Å². The molecular formula is C31H37N7O3. The Morgan fingerprint density at radius 3 is 2.34 bits per heavy atom. The molecule has 0 unspecified atom stereocenters. The van der Waals surface area contributed by atoms with Gasteiger partial charge in [0.1, 0.15) is 34.9 Å². The van der Waals surface area contributed by atoms with Crippen LogP contribution in [-0.4, -0.2) is 74.0 Å². The Bertz CT molecular complexity index is 1500. The molecule has 0 bridgehead atoms. The smallest absolute Gasteiger partial charge is 0.410 e. The van der Waals surface area contributed by atoms with Gasteiger partial charge in [0.05, 0.1) is 11.4 Å². The summed E-state index contributed by atoms with van der Waals surface area (Å²) in [5.74, 6) is 2.45. The molecule has 4 aromatic rings. The number of hydrogen-bond acceptors (Lipinski definition) is 8. The fraction of sp³-hybridized carbons (Fsp3) is 0.419. The van der Waals surface area contributed by atoms with Crippen molar-refractivity contribution in [3.63, 3.8) is 0 Å². The SMILES string of the molecule is CC(C)(C)OC(=O)N1CC(CN2CCC(n3nc(-c4ccc(Oc5ccccc5)cc4)c4c(N)ncnc43)CC2)C1. The summed E-state index contributed by atoms with van der Waals surface area (Å²) in [6.45, 7) is 10.1. The molecule has 6 rings (SSSR count). The highest BCUT2D eigenvalue weighted by atomic mass is 16.6. The number of ether oxygens (including phenoxy) is 2. The van der Waals surface area contributed by atoms with Gasteiger partial charge in [-0.15, -0.1) is 0 Å². The number of amides is 1. The molecule has 2 saturated heterocycles. The largest absolute Gasteiger partial charge is 0.457 e. The van der Waals surface area contributed by atoms with Crippen molar-refractivity contribution in [3.05, 3.63) is 60.9 Å². The van der Waals surface area contributed by atoms with E-state index in [1.165, 1.54) is 6.33 Å². The highest BCUT2D eigenvalue weighted by molar-refractivity contribution is 5.98. The van der Waals surface area contributed by atoms with Crippen molar-refractivity contribution in [3.8, 4) is 22.8 Å². The molecule has 0 atom stereocenters. The second-order valence-electron chi connectivity index (χ2n) is 12.0. The molecule has 2 fully saturated rings. The average molecular weight is 556 g/mol. The first-order chi connectivity index (χ1) is 19.7. The summed E-state index contributed by atoms with van der Waals surface area (Å²) in [5, 5.41) is 5.83. The fourth-order valence-corrected chi connectivity index (χ4v) is 5.63. The molecule has 41 heavy (non-hydrogen) atoms. The number of nitrogens with zero attached hydrogens (tertiary/aromatic N) is 6. The Balaban J connectivity index is 1.11. The van der Waals surface area contributed by atoms with Crippen LogP contribution in [-0.2, 0) is 4.74 Å². The van der Waals surface area contributed by atoms with E-state index in [9.17, 15) is 4.79 Å². The van der Waals surface area contributed by atoms with Crippen LogP contribution in [0.2, 0.25) is 0 Å². The second kappa shape index (κ2) is 11.0. The first kappa shape index (κ1) is 27.0. The fourth-order valence-electron chi connectivity index (χ4n) is 5.63. The molecule has 10 heteroatoms. The van der Waals surface area contributed by atoms with Crippen LogP contribution in [0.4, 0.5) is 10.6 Å². The quantitative estimate of drug-likeness (QED) is 0.338. The zero-order valence-corrected chi connectivity index (χ0v) is 23.9. The number of piperidine rings is 1. The third-order valence-electron chi connectivity index (χ3n) is 7.65. The molecule has 0 radical (unpaired) electrons. The molecule has 2 aromatic heterocycles. The molecule has 2 aliphatic heterocycles. The van der Waals surface area contributed by atoms with Gasteiger partial charge in [0.2, 0.25) is 0 Å². The minimum absolute atomic E-state index is 0.214. The summed E-state index contributed by atoms with van der Waals surface area (Å²) in [6.07, 6.45) is 3.23. The second-order valence-corrected chi connectivity index (χ2v) is 12.0. The summed E-state index contributed by atoms with van der Waals surface area (Å²) >= 11 is 0. The number of carbonyl (C=O) groups is 1. The van der Waals surface area contributed by atoms with Crippen LogP contribution >= 0.6 is 0 Å². The maximum atomic E-state index is 12.3. The van der Waals surface area contributed by atoms with E-state index in [0.29, 0.717) is 11.7 Å². The topological polar surface area (TPSA) is 112 Å². The van der Waals surface area contributed by atoms with Crippen LogP contribution in [0.3, 0.4) is 0 Å². The number of nitrogens with two attached hydrogens (primary N) is 1. The molecule has 4 heterocycles. The standard InChI is InChI=1S/C31H37N7O3/c1-31(2,3)41-30(39)37-18-21(19-37)17-36-15-13-23(14-16-36)38-29-26(28(32)33-20-34-29)27(35-38)22-9-11-25(12-10-22)40-24-7-5-4-6-8-24/h4-12,20-21,23H,13-19H2,1-3H3,(H2,32,33,34). The Morgan fingerprint density at radius 2 is 1.66 bits per heavy atom. The van der Waals surface area contributed by atoms with Crippen LogP contribution in [0, 0.1) is 5.92 Å². The first-order valence-electron chi connectivity index (χ1n) is 14.3. The third-order valence-corrected chi connectivity index (χ3v) is 7.65. The lowest BCUT2D eigenvalue weighted by molar-refractivity contribution is -0.00797. The average Bonchev–Trinajstić information content (AvgIpc) is 3.32. The Hall–Kier alpha value is -4.18. The van der Waals surface area contributed by atoms with Gasteiger partial charge < -0.3 is 25.0 Å². The normalized spacial score (nSPS) is 17.0. The number of carbonyl (C=O) groups excluding carboxylic acids is 1. The molecule has 2 aromatic carbocycles. The first-order valence-corrected chi connectivity index (χ1v) is 14.3. The maximum absolute atomic E-state index is 12.3. The van der Waals surface area contributed by atoms with Crippen molar-refractivity contribution in [1.29, 1.82) is 0 Å². The van der Waals surface area contributed by atoms with E-state index in [0.717, 1.165) is 79.4 Å². The monoisotopic (exact) mass is 555 g/mol. The lowest BCUT2D eigenvalue weighted by Crippen LogP contribution is -2.55. The number of anilines is 1.